The highest BCUT2D eigenvalue weighted by atomic mass is 16.4. The molecule has 1 atom stereocenters. The van der Waals surface area contributed by atoms with Gasteiger partial charge < -0.3 is 15.5 Å². The predicted molar refractivity (Wildman–Crippen MR) is 78.2 cm³/mol. The molecule has 3 N–H and O–H groups in total. The second kappa shape index (κ2) is 5.88. The first kappa shape index (κ1) is 14.3. The third kappa shape index (κ3) is 2.88. The number of pyridine rings is 1. The number of anilines is 1. The van der Waals surface area contributed by atoms with Gasteiger partial charge in [-0.05, 0) is 37.6 Å². The Hall–Kier alpha value is -2.14. The second-order valence-electron chi connectivity index (χ2n) is 4.78. The first-order valence-corrected chi connectivity index (χ1v) is 6.57. The Morgan fingerprint density at radius 2 is 2.15 bits per heavy atom. The van der Waals surface area contributed by atoms with Crippen LogP contribution in [0.15, 0.2) is 24.3 Å². The van der Waals surface area contributed by atoms with Crippen molar-refractivity contribution in [1.82, 2.24) is 4.98 Å². The van der Waals surface area contributed by atoms with E-state index in [0.717, 1.165) is 23.2 Å². The van der Waals surface area contributed by atoms with Gasteiger partial charge >= 0.3 is 5.97 Å². The van der Waals surface area contributed by atoms with Crippen LogP contribution in [0.4, 0.5) is 5.69 Å². The number of nitrogens with one attached hydrogen (secondary N) is 1. The van der Waals surface area contributed by atoms with Crippen LogP contribution < -0.4 is 5.32 Å². The molecule has 0 bridgehead atoms. The van der Waals surface area contributed by atoms with E-state index in [1.54, 1.807) is 18.2 Å². The number of carbonyl (C=O) groups is 1. The highest BCUT2D eigenvalue weighted by Crippen LogP contribution is 2.25. The molecule has 0 saturated heterocycles. The summed E-state index contributed by atoms with van der Waals surface area (Å²) in [7, 11) is 0. The van der Waals surface area contributed by atoms with E-state index < -0.39 is 5.97 Å². The van der Waals surface area contributed by atoms with Crippen molar-refractivity contribution in [2.75, 3.05) is 11.9 Å². The number of hydrogen-bond acceptors (Lipinski definition) is 4. The van der Waals surface area contributed by atoms with Crippen molar-refractivity contribution in [3.8, 4) is 0 Å². The van der Waals surface area contributed by atoms with Crippen LogP contribution in [0, 0.1) is 6.92 Å². The molecule has 0 aliphatic rings. The lowest BCUT2D eigenvalue weighted by Crippen LogP contribution is -2.22. The Morgan fingerprint density at radius 3 is 2.75 bits per heavy atom. The summed E-state index contributed by atoms with van der Waals surface area (Å²) in [5.41, 5.74) is 2.52. The maximum atomic E-state index is 11.0. The number of aryl methyl sites for hydroxylation is 1. The number of benzene rings is 1. The van der Waals surface area contributed by atoms with E-state index in [1.807, 2.05) is 19.9 Å². The minimum absolute atomic E-state index is 0.0286. The number of fused-ring (bicyclic) bond motifs is 1. The van der Waals surface area contributed by atoms with Gasteiger partial charge in [-0.15, -0.1) is 0 Å². The highest BCUT2D eigenvalue weighted by Gasteiger charge is 2.11. The molecule has 0 fully saturated rings. The first-order valence-electron chi connectivity index (χ1n) is 6.57. The molecule has 0 spiro atoms. The number of aromatic carboxylic acids is 1. The van der Waals surface area contributed by atoms with Gasteiger partial charge in [0.15, 0.2) is 0 Å². The summed E-state index contributed by atoms with van der Waals surface area (Å²) >= 11 is 0. The van der Waals surface area contributed by atoms with Gasteiger partial charge in [-0.2, -0.15) is 0 Å². The van der Waals surface area contributed by atoms with Crippen LogP contribution >= 0.6 is 0 Å². The van der Waals surface area contributed by atoms with E-state index >= 15 is 0 Å². The maximum absolute atomic E-state index is 11.0. The van der Waals surface area contributed by atoms with Crippen molar-refractivity contribution in [1.29, 1.82) is 0 Å². The largest absolute Gasteiger partial charge is 0.478 e. The van der Waals surface area contributed by atoms with E-state index in [2.05, 4.69) is 10.3 Å². The summed E-state index contributed by atoms with van der Waals surface area (Å²) in [6, 6.07) is 6.75. The molecule has 0 saturated carbocycles. The number of aliphatic hydroxyl groups excluding tert-OH is 1. The lowest BCUT2D eigenvalue weighted by Gasteiger charge is -2.17. The third-order valence-corrected chi connectivity index (χ3v) is 3.26. The average molecular weight is 274 g/mol. The molecule has 1 heterocycles. The number of carboxylic acid groups (broad SMARTS) is 1. The van der Waals surface area contributed by atoms with Crippen LogP contribution in [0.5, 0.6) is 0 Å². The number of hydrogen-bond donors (Lipinski definition) is 3. The number of aliphatic hydroxyl groups is 1. The zero-order valence-electron chi connectivity index (χ0n) is 11.6. The van der Waals surface area contributed by atoms with Crippen molar-refractivity contribution in [3.05, 3.63) is 35.5 Å². The molecule has 20 heavy (non-hydrogen) atoms. The van der Waals surface area contributed by atoms with Crippen molar-refractivity contribution >= 4 is 22.6 Å². The van der Waals surface area contributed by atoms with Crippen LogP contribution in [0.3, 0.4) is 0 Å². The summed E-state index contributed by atoms with van der Waals surface area (Å²) in [6.45, 7) is 3.90. The molecule has 0 aliphatic carbocycles. The van der Waals surface area contributed by atoms with Gasteiger partial charge in [0.1, 0.15) is 0 Å². The molecule has 2 aromatic rings. The molecule has 0 radical (unpaired) electrons. The molecule has 1 unspecified atom stereocenters. The predicted octanol–water partition coefficient (Wildman–Crippen LogP) is 2.42. The highest BCUT2D eigenvalue weighted by molar-refractivity contribution is 5.97. The normalized spacial score (nSPS) is 12.3. The summed E-state index contributed by atoms with van der Waals surface area (Å²) in [4.78, 5) is 15.4. The fraction of sp³-hybridized carbons (Fsp3) is 0.333. The third-order valence-electron chi connectivity index (χ3n) is 3.26. The van der Waals surface area contributed by atoms with Gasteiger partial charge in [-0.1, -0.05) is 6.92 Å². The molecule has 0 amide bonds. The second-order valence-corrected chi connectivity index (χ2v) is 4.78. The van der Waals surface area contributed by atoms with Gasteiger partial charge in [-0.25, -0.2) is 4.79 Å². The maximum Gasteiger partial charge on any atom is 0.335 e. The average Bonchev–Trinajstić information content (AvgIpc) is 2.43. The zero-order valence-corrected chi connectivity index (χ0v) is 11.6. The number of rotatable bonds is 5. The number of carboxylic acids is 1. The monoisotopic (exact) mass is 274 g/mol. The molecule has 0 aliphatic heterocycles. The Labute approximate surface area is 117 Å². The van der Waals surface area contributed by atoms with Gasteiger partial charge in [0, 0.05) is 22.8 Å². The van der Waals surface area contributed by atoms with Crippen LogP contribution in [0.1, 0.15) is 29.4 Å². The standard InChI is InChI=1S/C15H18N2O3/c1-3-11(8-18)17-13-6-9(2)16-14-7-10(15(19)20)4-5-12(13)14/h4-7,11,18H,3,8H2,1-2H3,(H,16,17)(H,19,20). The summed E-state index contributed by atoms with van der Waals surface area (Å²) in [6.07, 6.45) is 0.798. The van der Waals surface area contributed by atoms with Crippen molar-refractivity contribution in [2.24, 2.45) is 0 Å². The molecule has 5 heteroatoms. The lowest BCUT2D eigenvalue weighted by molar-refractivity contribution is 0.0697. The van der Waals surface area contributed by atoms with E-state index in [0.29, 0.717) is 5.52 Å². The Morgan fingerprint density at radius 1 is 1.40 bits per heavy atom. The smallest absolute Gasteiger partial charge is 0.335 e. The summed E-state index contributed by atoms with van der Waals surface area (Å²) < 4.78 is 0. The Bertz CT molecular complexity index is 636. The van der Waals surface area contributed by atoms with Crippen molar-refractivity contribution in [2.45, 2.75) is 26.3 Å². The molecule has 1 aromatic carbocycles. The van der Waals surface area contributed by atoms with E-state index in [9.17, 15) is 9.90 Å². The van der Waals surface area contributed by atoms with Crippen LogP contribution in [0.25, 0.3) is 10.9 Å². The molecule has 5 nitrogen and oxygen atoms in total. The van der Waals surface area contributed by atoms with Crippen molar-refractivity contribution < 1.29 is 15.0 Å². The molecular weight excluding hydrogens is 256 g/mol. The van der Waals surface area contributed by atoms with E-state index in [1.165, 1.54) is 0 Å². The van der Waals surface area contributed by atoms with E-state index in [-0.39, 0.29) is 18.2 Å². The fourth-order valence-electron chi connectivity index (χ4n) is 2.11. The fourth-order valence-corrected chi connectivity index (χ4v) is 2.11. The molecule has 2 rings (SSSR count). The molecule has 1 aromatic heterocycles. The van der Waals surface area contributed by atoms with E-state index in [4.69, 9.17) is 5.11 Å². The quantitative estimate of drug-likeness (QED) is 0.780. The van der Waals surface area contributed by atoms with Crippen LogP contribution in [-0.2, 0) is 0 Å². The van der Waals surface area contributed by atoms with Gasteiger partial charge in [0.05, 0.1) is 17.7 Å². The zero-order chi connectivity index (χ0) is 14.7. The lowest BCUT2D eigenvalue weighted by atomic mass is 10.1. The number of aromatic nitrogens is 1. The van der Waals surface area contributed by atoms with Crippen molar-refractivity contribution in [3.63, 3.8) is 0 Å². The van der Waals surface area contributed by atoms with Crippen LogP contribution in [-0.4, -0.2) is 33.8 Å². The SMILES string of the molecule is CCC(CO)Nc1cc(C)nc2cc(C(=O)O)ccc12. The molecular formula is C15H18N2O3. The Kier molecular flexibility index (Phi) is 4.20. The van der Waals surface area contributed by atoms with Gasteiger partial charge in [0.2, 0.25) is 0 Å². The first-order chi connectivity index (χ1) is 9.55. The summed E-state index contributed by atoms with van der Waals surface area (Å²) in [5.74, 6) is -0.966. The minimum atomic E-state index is -0.966. The Balaban J connectivity index is 2.51. The van der Waals surface area contributed by atoms with Crippen LogP contribution in [0.2, 0.25) is 0 Å². The number of nitrogens with zero attached hydrogens (tertiary/aromatic N) is 1. The minimum Gasteiger partial charge on any atom is -0.478 e. The summed E-state index contributed by atoms with van der Waals surface area (Å²) in [5, 5.41) is 22.4. The topological polar surface area (TPSA) is 82.5 Å². The van der Waals surface area contributed by atoms with Gasteiger partial charge in [0.25, 0.3) is 0 Å². The van der Waals surface area contributed by atoms with Gasteiger partial charge in [-0.3, -0.25) is 4.98 Å². The molecule has 106 valence electrons.